The summed E-state index contributed by atoms with van der Waals surface area (Å²) in [5.74, 6) is -0.780. The predicted octanol–water partition coefficient (Wildman–Crippen LogP) is 0.113. The first-order chi connectivity index (χ1) is 13.4. The molecule has 0 saturated carbocycles. The second kappa shape index (κ2) is 8.55. The lowest BCUT2D eigenvalue weighted by molar-refractivity contribution is -0.138. The third-order valence-corrected chi connectivity index (χ3v) is 4.88. The number of hydrogen-bond acceptors (Lipinski definition) is 6. The van der Waals surface area contributed by atoms with E-state index in [4.69, 9.17) is 9.84 Å². The molecule has 0 bridgehead atoms. The fourth-order valence-corrected chi connectivity index (χ4v) is 3.36. The Morgan fingerprint density at radius 3 is 2.46 bits per heavy atom. The van der Waals surface area contributed by atoms with E-state index in [-0.39, 0.29) is 11.8 Å². The number of pyridine rings is 1. The number of aromatic nitrogens is 1. The first-order valence-corrected chi connectivity index (χ1v) is 9.50. The zero-order valence-electron chi connectivity index (χ0n) is 16.1. The molecule has 9 nitrogen and oxygen atoms in total. The number of piperazine rings is 1. The number of carboxylic acids is 1. The van der Waals surface area contributed by atoms with Crippen molar-refractivity contribution in [1.29, 1.82) is 0 Å². The predicted molar refractivity (Wildman–Crippen MR) is 101 cm³/mol. The number of nitrogens with one attached hydrogen (secondary N) is 1. The van der Waals surface area contributed by atoms with Crippen molar-refractivity contribution in [2.24, 2.45) is 5.92 Å². The molecule has 2 saturated heterocycles. The van der Waals surface area contributed by atoms with Gasteiger partial charge in [-0.3, -0.25) is 9.59 Å². The molecule has 2 fully saturated rings. The number of anilines is 1. The van der Waals surface area contributed by atoms with E-state index in [9.17, 15) is 14.4 Å². The van der Waals surface area contributed by atoms with Crippen LogP contribution < -0.4 is 10.2 Å². The lowest BCUT2D eigenvalue weighted by Gasteiger charge is -2.37. The number of carboxylic acid groups (broad SMARTS) is 1. The molecule has 0 aromatic carbocycles. The summed E-state index contributed by atoms with van der Waals surface area (Å²) >= 11 is 0. The molecule has 0 unspecified atom stereocenters. The van der Waals surface area contributed by atoms with Crippen molar-refractivity contribution in [1.82, 2.24) is 15.2 Å². The van der Waals surface area contributed by atoms with Gasteiger partial charge < -0.3 is 25.0 Å². The molecule has 0 aliphatic carbocycles. The number of amides is 2. The van der Waals surface area contributed by atoms with Crippen molar-refractivity contribution in [3.8, 4) is 0 Å². The summed E-state index contributed by atoms with van der Waals surface area (Å²) in [6, 6.07) is 5.04. The summed E-state index contributed by atoms with van der Waals surface area (Å²) < 4.78 is 4.88. The minimum Gasteiger partial charge on any atom is -0.479 e. The van der Waals surface area contributed by atoms with Crippen molar-refractivity contribution in [3.05, 3.63) is 24.4 Å². The third kappa shape index (κ3) is 4.78. The van der Waals surface area contributed by atoms with Gasteiger partial charge in [-0.1, -0.05) is 19.9 Å². The lowest BCUT2D eigenvalue weighted by Crippen LogP contribution is -2.56. The topological polar surface area (TPSA) is 115 Å². The molecule has 0 spiro atoms. The number of hydrogen-bond donors (Lipinski definition) is 2. The maximum Gasteiger partial charge on any atom is 0.336 e. The average molecular weight is 390 g/mol. The maximum atomic E-state index is 13.0. The molecule has 152 valence electrons. The molecule has 0 radical (unpaired) electrons. The van der Waals surface area contributed by atoms with E-state index >= 15 is 0 Å². The van der Waals surface area contributed by atoms with Crippen LogP contribution in [-0.4, -0.2) is 77.2 Å². The largest absolute Gasteiger partial charge is 0.479 e. The average Bonchev–Trinajstić information content (AvgIpc) is 3.49. The number of carbonyl (C=O) groups is 3. The van der Waals surface area contributed by atoms with Crippen molar-refractivity contribution < 1.29 is 24.2 Å². The first-order valence-electron chi connectivity index (χ1n) is 9.50. The molecule has 2 aliphatic heterocycles. The molecule has 1 aromatic rings. The molecule has 3 atom stereocenters. The van der Waals surface area contributed by atoms with Crippen LogP contribution in [0.1, 0.15) is 20.3 Å². The summed E-state index contributed by atoms with van der Waals surface area (Å²) in [6.45, 7) is 6.35. The molecule has 3 heterocycles. The molecule has 3 rings (SSSR count). The highest BCUT2D eigenvalue weighted by Gasteiger charge is 2.51. The summed E-state index contributed by atoms with van der Waals surface area (Å²) in [4.78, 5) is 44.3. The zero-order valence-corrected chi connectivity index (χ0v) is 16.1. The number of aliphatic carboxylic acids is 1. The molecule has 1 aromatic heterocycles. The highest BCUT2D eigenvalue weighted by Crippen LogP contribution is 2.23. The Kier molecular flexibility index (Phi) is 6.13. The van der Waals surface area contributed by atoms with Gasteiger partial charge in [0, 0.05) is 32.4 Å². The molecule has 28 heavy (non-hydrogen) atoms. The van der Waals surface area contributed by atoms with Gasteiger partial charge in [0.15, 0.2) is 12.2 Å². The van der Waals surface area contributed by atoms with Crippen LogP contribution in [0.5, 0.6) is 0 Å². The minimum atomic E-state index is -1.17. The molecular formula is C19H26N4O5. The highest BCUT2D eigenvalue weighted by molar-refractivity contribution is 5.95. The SMILES string of the molecule is CC(C)C[C@H](NC(=O)[C@H]1O[C@@H]1C(=O)O)C(=O)N1CCN(c2ccccn2)CC1. The first kappa shape index (κ1) is 20.1. The number of epoxide rings is 1. The van der Waals surface area contributed by atoms with Crippen molar-refractivity contribution in [3.63, 3.8) is 0 Å². The van der Waals surface area contributed by atoms with Crippen LogP contribution in [0.15, 0.2) is 24.4 Å². The Morgan fingerprint density at radius 2 is 1.93 bits per heavy atom. The van der Waals surface area contributed by atoms with Gasteiger partial charge in [-0.2, -0.15) is 0 Å². The Balaban J connectivity index is 1.57. The molecule has 2 amide bonds. The Hall–Kier alpha value is -2.68. The van der Waals surface area contributed by atoms with E-state index in [1.54, 1.807) is 11.1 Å². The van der Waals surface area contributed by atoms with E-state index in [0.717, 1.165) is 5.82 Å². The lowest BCUT2D eigenvalue weighted by atomic mass is 10.0. The van der Waals surface area contributed by atoms with E-state index in [1.807, 2.05) is 32.0 Å². The van der Waals surface area contributed by atoms with Gasteiger partial charge in [-0.15, -0.1) is 0 Å². The maximum absolute atomic E-state index is 13.0. The van der Waals surface area contributed by atoms with Gasteiger partial charge in [-0.05, 0) is 24.5 Å². The van der Waals surface area contributed by atoms with Crippen LogP contribution in [0.2, 0.25) is 0 Å². The second-order valence-electron chi connectivity index (χ2n) is 7.51. The van der Waals surface area contributed by atoms with Crippen LogP contribution in [0.25, 0.3) is 0 Å². The Labute approximate surface area is 163 Å². The van der Waals surface area contributed by atoms with Gasteiger partial charge in [0.2, 0.25) is 5.91 Å². The van der Waals surface area contributed by atoms with E-state index in [0.29, 0.717) is 32.6 Å². The van der Waals surface area contributed by atoms with E-state index in [2.05, 4.69) is 15.2 Å². The summed E-state index contributed by atoms with van der Waals surface area (Å²) in [5.41, 5.74) is 0. The van der Waals surface area contributed by atoms with E-state index in [1.165, 1.54) is 0 Å². The molecule has 2 aliphatic rings. The Morgan fingerprint density at radius 1 is 1.21 bits per heavy atom. The van der Waals surface area contributed by atoms with Gasteiger partial charge >= 0.3 is 5.97 Å². The fourth-order valence-electron chi connectivity index (χ4n) is 3.36. The number of rotatable bonds is 7. The summed E-state index contributed by atoms with van der Waals surface area (Å²) in [7, 11) is 0. The fraction of sp³-hybridized carbons (Fsp3) is 0.579. The number of ether oxygens (including phenoxy) is 1. The minimum absolute atomic E-state index is 0.143. The van der Waals surface area contributed by atoms with Crippen LogP contribution >= 0.6 is 0 Å². The van der Waals surface area contributed by atoms with Gasteiger partial charge in [0.1, 0.15) is 11.9 Å². The molecule has 9 heteroatoms. The molecule has 2 N–H and O–H groups in total. The standard InChI is InChI=1S/C19H26N4O5/c1-12(2)11-13(21-17(24)15-16(28-15)19(26)27)18(25)23-9-7-22(8-10-23)14-5-3-4-6-20-14/h3-6,12-13,15-16H,7-11H2,1-2H3,(H,21,24)(H,26,27)/t13-,15-,16-/m0/s1. The highest BCUT2D eigenvalue weighted by atomic mass is 16.6. The van der Waals surface area contributed by atoms with Crippen LogP contribution in [0.4, 0.5) is 5.82 Å². The van der Waals surface area contributed by atoms with Gasteiger partial charge in [-0.25, -0.2) is 9.78 Å². The monoisotopic (exact) mass is 390 g/mol. The normalized spacial score (nSPS) is 22.7. The number of nitrogens with zero attached hydrogens (tertiary/aromatic N) is 3. The van der Waals surface area contributed by atoms with Crippen molar-refractivity contribution in [2.75, 3.05) is 31.1 Å². The smallest absolute Gasteiger partial charge is 0.336 e. The van der Waals surface area contributed by atoms with Crippen LogP contribution in [0.3, 0.4) is 0 Å². The quantitative estimate of drug-likeness (QED) is 0.635. The van der Waals surface area contributed by atoms with Crippen LogP contribution in [0, 0.1) is 5.92 Å². The number of carbonyl (C=O) groups excluding carboxylic acids is 2. The van der Waals surface area contributed by atoms with Crippen molar-refractivity contribution >= 4 is 23.6 Å². The Bertz CT molecular complexity index is 718. The van der Waals surface area contributed by atoms with E-state index < -0.39 is 30.1 Å². The summed E-state index contributed by atoms with van der Waals surface area (Å²) in [6.07, 6.45) is 0.0960. The van der Waals surface area contributed by atoms with Gasteiger partial charge in [0.25, 0.3) is 5.91 Å². The van der Waals surface area contributed by atoms with Gasteiger partial charge in [0.05, 0.1) is 0 Å². The summed E-state index contributed by atoms with van der Waals surface area (Å²) in [5, 5.41) is 11.6. The van der Waals surface area contributed by atoms with Crippen molar-refractivity contribution in [2.45, 2.75) is 38.5 Å². The zero-order chi connectivity index (χ0) is 20.3. The second-order valence-corrected chi connectivity index (χ2v) is 7.51. The third-order valence-electron chi connectivity index (χ3n) is 4.88. The van der Waals surface area contributed by atoms with Crippen LogP contribution in [-0.2, 0) is 19.1 Å². The molecular weight excluding hydrogens is 364 g/mol.